The number of nitrogens with zero attached hydrogens (tertiary/aromatic N) is 3. The summed E-state index contributed by atoms with van der Waals surface area (Å²) < 4.78 is 11.7. The highest BCUT2D eigenvalue weighted by Crippen LogP contribution is 2.39. The second-order valence-corrected chi connectivity index (χ2v) is 10.2. The van der Waals surface area contributed by atoms with Crippen molar-refractivity contribution < 1.29 is 9.47 Å². The minimum atomic E-state index is -0.288. The fourth-order valence-electron chi connectivity index (χ4n) is 4.13. The summed E-state index contributed by atoms with van der Waals surface area (Å²) in [5.74, 6) is 1.06. The predicted octanol–water partition coefficient (Wildman–Crippen LogP) is 5.80. The third-order valence-electron chi connectivity index (χ3n) is 6.09. The number of methoxy groups -OCH3 is 1. The van der Waals surface area contributed by atoms with E-state index in [1.165, 1.54) is 31.3 Å². The molecule has 0 radical (unpaired) electrons. The van der Waals surface area contributed by atoms with Crippen LogP contribution in [0.5, 0.6) is 11.5 Å². The van der Waals surface area contributed by atoms with E-state index in [2.05, 4.69) is 46.2 Å². The summed E-state index contributed by atoms with van der Waals surface area (Å²) in [4.78, 5) is 24.0. The summed E-state index contributed by atoms with van der Waals surface area (Å²) >= 11 is 12.6. The van der Waals surface area contributed by atoms with Crippen LogP contribution in [0.4, 0.5) is 11.4 Å². The number of H-pyrrole nitrogens is 1. The van der Waals surface area contributed by atoms with Crippen LogP contribution in [0.3, 0.4) is 0 Å². The zero-order chi connectivity index (χ0) is 26.8. The van der Waals surface area contributed by atoms with Gasteiger partial charge >= 0.3 is 0 Å². The van der Waals surface area contributed by atoms with Crippen molar-refractivity contribution in [1.29, 1.82) is 0 Å². The molecular weight excluding hydrogens is 513 g/mol. The molecule has 0 aliphatic carbocycles. The largest absolute Gasteiger partial charge is 0.493 e. The molecule has 0 atom stereocenters. The zero-order valence-electron chi connectivity index (χ0n) is 22.1. The Morgan fingerprint density at radius 2 is 1.68 bits per heavy atom. The lowest BCUT2D eigenvalue weighted by atomic mass is 10.1. The van der Waals surface area contributed by atoms with E-state index in [4.69, 9.17) is 32.7 Å². The Hall–Kier alpha value is -2.52. The number of aromatic nitrogens is 2. The number of nitrogens with one attached hydrogen (secondary N) is 2. The number of unbranched alkanes of at least 4 members (excludes halogenated alkanes) is 3. The third-order valence-corrected chi connectivity index (χ3v) is 6.67. The first kappa shape index (κ1) is 29.0. The van der Waals surface area contributed by atoms with Crippen LogP contribution in [0.25, 0.3) is 10.9 Å². The summed E-state index contributed by atoms with van der Waals surface area (Å²) in [5.41, 5.74) is 1.29. The summed E-state index contributed by atoms with van der Waals surface area (Å²) in [7, 11) is 7.99. The number of hydrogen-bond donors (Lipinski definition) is 2. The number of anilines is 2. The first-order chi connectivity index (χ1) is 17.8. The van der Waals surface area contributed by atoms with Gasteiger partial charge in [0.2, 0.25) is 0 Å². The van der Waals surface area contributed by atoms with E-state index >= 15 is 0 Å². The number of benzene rings is 1. The molecule has 10 heteroatoms. The minimum absolute atomic E-state index is 0.288. The van der Waals surface area contributed by atoms with E-state index in [9.17, 15) is 4.79 Å². The lowest BCUT2D eigenvalue weighted by Gasteiger charge is -2.18. The maximum atomic E-state index is 12.5. The second-order valence-electron chi connectivity index (χ2n) is 9.39. The van der Waals surface area contributed by atoms with Gasteiger partial charge in [-0.1, -0.05) is 36.0 Å². The molecule has 2 heterocycles. The highest BCUT2D eigenvalue weighted by atomic mass is 35.5. The van der Waals surface area contributed by atoms with Gasteiger partial charge < -0.3 is 29.6 Å². The van der Waals surface area contributed by atoms with Gasteiger partial charge in [-0.05, 0) is 72.2 Å². The van der Waals surface area contributed by atoms with Crippen molar-refractivity contribution in [2.24, 2.45) is 0 Å². The second kappa shape index (κ2) is 14.4. The fraction of sp³-hybridized carbons (Fsp3) is 0.481. The molecule has 0 spiro atoms. The van der Waals surface area contributed by atoms with E-state index in [0.29, 0.717) is 45.0 Å². The molecule has 3 aromatic rings. The Balaban J connectivity index is 1.62. The normalized spacial score (nSPS) is 11.5. The summed E-state index contributed by atoms with van der Waals surface area (Å²) in [6.07, 6.45) is 8.46. The zero-order valence-corrected chi connectivity index (χ0v) is 23.6. The molecule has 202 valence electrons. The van der Waals surface area contributed by atoms with Crippen LogP contribution >= 0.6 is 23.2 Å². The van der Waals surface area contributed by atoms with E-state index in [1.54, 1.807) is 7.11 Å². The maximum absolute atomic E-state index is 12.5. The van der Waals surface area contributed by atoms with Gasteiger partial charge in [0.15, 0.2) is 11.5 Å². The van der Waals surface area contributed by atoms with Crippen LogP contribution in [0.1, 0.15) is 32.1 Å². The van der Waals surface area contributed by atoms with Gasteiger partial charge in [0.05, 0.1) is 40.7 Å². The van der Waals surface area contributed by atoms with Crippen molar-refractivity contribution in [3.63, 3.8) is 0 Å². The lowest BCUT2D eigenvalue weighted by molar-refractivity contribution is 0.279. The number of ether oxygens (including phenoxy) is 2. The minimum Gasteiger partial charge on any atom is -0.493 e. The molecule has 2 aromatic heterocycles. The van der Waals surface area contributed by atoms with Crippen LogP contribution in [0.15, 0.2) is 35.4 Å². The SMILES string of the molecule is COc1ccc2c(Nc3c(Cl)cncc3Cl)cc(=O)[nH]c2c1OCCCCCCN(C)CCCN(C)C. The molecule has 8 nitrogen and oxygen atoms in total. The van der Waals surface area contributed by atoms with Crippen molar-refractivity contribution in [1.82, 2.24) is 19.8 Å². The number of pyridine rings is 2. The van der Waals surface area contributed by atoms with Crippen molar-refractivity contribution in [2.45, 2.75) is 32.1 Å². The van der Waals surface area contributed by atoms with Crippen LogP contribution in [-0.2, 0) is 0 Å². The quantitative estimate of drug-likeness (QED) is 0.231. The molecule has 0 saturated carbocycles. The van der Waals surface area contributed by atoms with Crippen LogP contribution < -0.4 is 20.3 Å². The lowest BCUT2D eigenvalue weighted by Crippen LogP contribution is -2.24. The summed E-state index contributed by atoms with van der Waals surface area (Å²) in [6, 6.07) is 5.14. The Morgan fingerprint density at radius 1 is 0.973 bits per heavy atom. The maximum Gasteiger partial charge on any atom is 0.250 e. The first-order valence-corrected chi connectivity index (χ1v) is 13.3. The number of rotatable bonds is 15. The molecule has 0 aliphatic rings. The molecular formula is C27H37Cl2N5O3. The molecule has 0 saturated heterocycles. The smallest absolute Gasteiger partial charge is 0.250 e. The van der Waals surface area contributed by atoms with Gasteiger partial charge in [0.25, 0.3) is 5.56 Å². The fourth-order valence-corrected chi connectivity index (χ4v) is 4.59. The van der Waals surface area contributed by atoms with Crippen LogP contribution in [0, 0.1) is 0 Å². The number of hydrogen-bond acceptors (Lipinski definition) is 7. The monoisotopic (exact) mass is 549 g/mol. The van der Waals surface area contributed by atoms with Crippen LogP contribution in [0.2, 0.25) is 10.0 Å². The average molecular weight is 551 g/mol. The van der Waals surface area contributed by atoms with E-state index in [0.717, 1.165) is 44.3 Å². The van der Waals surface area contributed by atoms with Crippen molar-refractivity contribution in [3.8, 4) is 11.5 Å². The van der Waals surface area contributed by atoms with Crippen molar-refractivity contribution in [3.05, 3.63) is 51.0 Å². The van der Waals surface area contributed by atoms with Gasteiger partial charge in [-0.2, -0.15) is 0 Å². The Bertz CT molecular complexity index is 1200. The van der Waals surface area contributed by atoms with Gasteiger partial charge in [0, 0.05) is 23.8 Å². The van der Waals surface area contributed by atoms with Crippen molar-refractivity contribution in [2.75, 3.05) is 59.8 Å². The molecule has 0 bridgehead atoms. The van der Waals surface area contributed by atoms with Gasteiger partial charge in [-0.15, -0.1) is 0 Å². The number of aromatic amines is 1. The highest BCUT2D eigenvalue weighted by Gasteiger charge is 2.16. The van der Waals surface area contributed by atoms with E-state index in [-0.39, 0.29) is 5.56 Å². The molecule has 2 N–H and O–H groups in total. The molecule has 37 heavy (non-hydrogen) atoms. The Morgan fingerprint density at radius 3 is 2.38 bits per heavy atom. The van der Waals surface area contributed by atoms with Crippen molar-refractivity contribution >= 4 is 45.5 Å². The highest BCUT2D eigenvalue weighted by molar-refractivity contribution is 6.39. The average Bonchev–Trinajstić information content (AvgIpc) is 2.85. The van der Waals surface area contributed by atoms with Gasteiger partial charge in [-0.25, -0.2) is 0 Å². The molecule has 1 aromatic carbocycles. The third kappa shape index (κ3) is 8.50. The van der Waals surface area contributed by atoms with Crippen LogP contribution in [-0.4, -0.2) is 74.3 Å². The standard InChI is InChI=1S/C27H37Cl2N5O3/c1-33(2)12-9-14-34(3)13-7-5-6-8-15-37-27-23(36-4)11-10-19-22(16-24(35)32-25(19)27)31-26-20(28)17-30-18-21(26)29/h10-11,16-18H,5-9,12-15H2,1-4H3,(H2,30,31,32,35). The molecule has 0 unspecified atom stereocenters. The van der Waals surface area contributed by atoms with E-state index < -0.39 is 0 Å². The summed E-state index contributed by atoms with van der Waals surface area (Å²) in [6.45, 7) is 3.87. The first-order valence-electron chi connectivity index (χ1n) is 12.6. The predicted molar refractivity (Wildman–Crippen MR) is 153 cm³/mol. The number of fused-ring (bicyclic) bond motifs is 1. The molecule has 0 fully saturated rings. The molecule has 0 aliphatic heterocycles. The Labute approximate surface area is 228 Å². The van der Waals surface area contributed by atoms with Gasteiger partial charge in [0.1, 0.15) is 0 Å². The van der Waals surface area contributed by atoms with Gasteiger partial charge in [-0.3, -0.25) is 9.78 Å². The summed E-state index contributed by atoms with van der Waals surface area (Å²) in [5, 5.41) is 4.63. The topological polar surface area (TPSA) is 82.7 Å². The molecule has 3 rings (SSSR count). The molecule has 0 amide bonds. The van der Waals surface area contributed by atoms with E-state index in [1.807, 2.05) is 12.1 Å². The Kier molecular flexibility index (Phi) is 11.3. The number of halogens is 2.